The Bertz CT molecular complexity index is 1090. The number of aromatic nitrogens is 5. The van der Waals surface area contributed by atoms with Crippen LogP contribution in [0.3, 0.4) is 0 Å². The molecule has 6 nitrogen and oxygen atoms in total. The Hall–Kier alpha value is -3.15. The van der Waals surface area contributed by atoms with Crippen LogP contribution in [0.25, 0.3) is 16.8 Å². The predicted octanol–water partition coefficient (Wildman–Crippen LogP) is 4.92. The molecule has 0 bridgehead atoms. The fourth-order valence-corrected chi connectivity index (χ4v) is 4.13. The third-order valence-electron chi connectivity index (χ3n) is 5.59. The molecule has 0 amide bonds. The standard InChI is InChI=1S/C22H24N6/c1-27-11-9-17(15-27)19-14-24-28-21(25-18-8-5-10-23-13-18)12-20(26-22(19)28)16-6-3-2-4-7-16/h5,8-16,25H,2-4,6-7H2,1H3. The zero-order valence-electron chi connectivity index (χ0n) is 16.0. The minimum absolute atomic E-state index is 0.520. The molecule has 0 radical (unpaired) electrons. The first-order chi connectivity index (χ1) is 13.8. The van der Waals surface area contributed by atoms with E-state index in [1.165, 1.54) is 32.1 Å². The Labute approximate surface area is 164 Å². The molecule has 4 heterocycles. The Morgan fingerprint density at radius 1 is 1.11 bits per heavy atom. The lowest BCUT2D eigenvalue weighted by atomic mass is 9.87. The third-order valence-corrected chi connectivity index (χ3v) is 5.59. The summed E-state index contributed by atoms with van der Waals surface area (Å²) in [5.41, 5.74) is 5.21. The van der Waals surface area contributed by atoms with Crippen molar-refractivity contribution in [3.63, 3.8) is 0 Å². The molecule has 0 spiro atoms. The average molecular weight is 372 g/mol. The summed E-state index contributed by atoms with van der Waals surface area (Å²) in [5, 5.41) is 8.14. The maximum atomic E-state index is 5.08. The Morgan fingerprint density at radius 2 is 2.00 bits per heavy atom. The molecule has 6 heteroatoms. The average Bonchev–Trinajstić information content (AvgIpc) is 3.35. The van der Waals surface area contributed by atoms with Gasteiger partial charge in [-0.15, -0.1) is 0 Å². The van der Waals surface area contributed by atoms with Crippen molar-refractivity contribution in [1.29, 1.82) is 0 Å². The highest BCUT2D eigenvalue weighted by Gasteiger charge is 2.21. The van der Waals surface area contributed by atoms with Crippen LogP contribution in [0.15, 0.2) is 55.2 Å². The molecule has 1 aliphatic carbocycles. The number of nitrogens with zero attached hydrogens (tertiary/aromatic N) is 5. The summed E-state index contributed by atoms with van der Waals surface area (Å²) in [4.78, 5) is 9.30. The normalized spacial score (nSPS) is 15.2. The molecule has 142 valence electrons. The molecule has 0 unspecified atom stereocenters. The Morgan fingerprint density at radius 3 is 2.75 bits per heavy atom. The second kappa shape index (κ2) is 7.11. The van der Waals surface area contributed by atoms with Gasteiger partial charge >= 0.3 is 0 Å². The molecule has 0 atom stereocenters. The maximum absolute atomic E-state index is 5.08. The van der Waals surface area contributed by atoms with Gasteiger partial charge in [-0.2, -0.15) is 9.61 Å². The van der Waals surface area contributed by atoms with E-state index in [-0.39, 0.29) is 0 Å². The monoisotopic (exact) mass is 372 g/mol. The van der Waals surface area contributed by atoms with Gasteiger partial charge < -0.3 is 9.88 Å². The zero-order valence-corrected chi connectivity index (χ0v) is 16.0. The van der Waals surface area contributed by atoms with E-state index in [1.54, 1.807) is 6.20 Å². The minimum atomic E-state index is 0.520. The van der Waals surface area contributed by atoms with Crippen molar-refractivity contribution >= 4 is 17.2 Å². The van der Waals surface area contributed by atoms with Gasteiger partial charge in [0.25, 0.3) is 0 Å². The molecule has 5 rings (SSSR count). The van der Waals surface area contributed by atoms with Crippen LogP contribution in [0.4, 0.5) is 11.5 Å². The molecule has 28 heavy (non-hydrogen) atoms. The van der Waals surface area contributed by atoms with Crippen LogP contribution in [-0.2, 0) is 7.05 Å². The van der Waals surface area contributed by atoms with E-state index in [4.69, 9.17) is 4.98 Å². The topological polar surface area (TPSA) is 60.0 Å². The molecule has 1 aliphatic rings. The Kier molecular flexibility index (Phi) is 4.31. The first-order valence-electron chi connectivity index (χ1n) is 9.96. The van der Waals surface area contributed by atoms with Crippen molar-refractivity contribution < 1.29 is 0 Å². The molecule has 1 saturated carbocycles. The second-order valence-corrected chi connectivity index (χ2v) is 7.63. The lowest BCUT2D eigenvalue weighted by Gasteiger charge is -2.22. The molecular formula is C22H24N6. The van der Waals surface area contributed by atoms with Gasteiger partial charge in [0.2, 0.25) is 0 Å². The number of nitrogens with one attached hydrogen (secondary N) is 1. The van der Waals surface area contributed by atoms with E-state index in [0.717, 1.165) is 34.0 Å². The van der Waals surface area contributed by atoms with E-state index >= 15 is 0 Å². The molecular weight excluding hydrogens is 348 g/mol. The van der Waals surface area contributed by atoms with Crippen LogP contribution in [0, 0.1) is 0 Å². The highest BCUT2D eigenvalue weighted by Crippen LogP contribution is 2.35. The van der Waals surface area contributed by atoms with Crippen LogP contribution in [0.1, 0.15) is 43.7 Å². The quantitative estimate of drug-likeness (QED) is 0.552. The molecule has 4 aromatic rings. The first-order valence-corrected chi connectivity index (χ1v) is 9.96. The summed E-state index contributed by atoms with van der Waals surface area (Å²) < 4.78 is 3.96. The Balaban J connectivity index is 1.65. The van der Waals surface area contributed by atoms with E-state index in [0.29, 0.717) is 5.92 Å². The second-order valence-electron chi connectivity index (χ2n) is 7.63. The maximum Gasteiger partial charge on any atom is 0.165 e. The van der Waals surface area contributed by atoms with Gasteiger partial charge in [-0.3, -0.25) is 4.98 Å². The number of fused-ring (bicyclic) bond motifs is 1. The van der Waals surface area contributed by atoms with E-state index in [9.17, 15) is 0 Å². The fourth-order valence-electron chi connectivity index (χ4n) is 4.13. The largest absolute Gasteiger partial charge is 0.357 e. The molecule has 0 aromatic carbocycles. The highest BCUT2D eigenvalue weighted by atomic mass is 15.3. The van der Waals surface area contributed by atoms with Gasteiger partial charge in [0.1, 0.15) is 5.82 Å². The molecule has 1 fully saturated rings. The lowest BCUT2D eigenvalue weighted by molar-refractivity contribution is 0.437. The number of anilines is 2. The van der Waals surface area contributed by atoms with Crippen molar-refractivity contribution in [1.82, 2.24) is 24.1 Å². The SMILES string of the molecule is Cn1ccc(-c2cnn3c(Nc4cccnc4)cc(C4CCCCC4)nc23)c1. The number of pyridine rings is 1. The van der Waals surface area contributed by atoms with Crippen LogP contribution in [-0.4, -0.2) is 24.1 Å². The number of rotatable bonds is 4. The summed E-state index contributed by atoms with van der Waals surface area (Å²) in [6.07, 6.45) is 16.0. The predicted molar refractivity (Wildman–Crippen MR) is 111 cm³/mol. The summed E-state index contributed by atoms with van der Waals surface area (Å²) in [6.45, 7) is 0. The van der Waals surface area contributed by atoms with E-state index < -0.39 is 0 Å². The van der Waals surface area contributed by atoms with E-state index in [1.807, 2.05) is 36.1 Å². The molecule has 4 aromatic heterocycles. The number of aryl methyl sites for hydroxylation is 1. The van der Waals surface area contributed by atoms with Crippen LogP contribution in [0.2, 0.25) is 0 Å². The van der Waals surface area contributed by atoms with Crippen LogP contribution < -0.4 is 5.32 Å². The molecule has 1 N–H and O–H groups in total. The van der Waals surface area contributed by atoms with Gasteiger partial charge in [0, 0.05) is 54.4 Å². The van der Waals surface area contributed by atoms with Crippen molar-refractivity contribution in [2.24, 2.45) is 7.05 Å². The first kappa shape index (κ1) is 17.0. The molecule has 0 saturated heterocycles. The van der Waals surface area contributed by atoms with E-state index in [2.05, 4.69) is 44.5 Å². The van der Waals surface area contributed by atoms with Crippen molar-refractivity contribution in [3.8, 4) is 11.1 Å². The van der Waals surface area contributed by atoms with Crippen molar-refractivity contribution in [2.75, 3.05) is 5.32 Å². The van der Waals surface area contributed by atoms with Gasteiger partial charge in [0.05, 0.1) is 18.1 Å². The summed E-state index contributed by atoms with van der Waals surface area (Å²) in [5.74, 6) is 1.45. The highest BCUT2D eigenvalue weighted by molar-refractivity contribution is 5.78. The lowest BCUT2D eigenvalue weighted by Crippen LogP contribution is -2.10. The summed E-state index contributed by atoms with van der Waals surface area (Å²) in [6, 6.07) is 8.22. The van der Waals surface area contributed by atoms with Crippen LogP contribution >= 0.6 is 0 Å². The van der Waals surface area contributed by atoms with Gasteiger partial charge in [-0.25, -0.2) is 4.98 Å². The van der Waals surface area contributed by atoms with Gasteiger partial charge in [-0.05, 0) is 31.0 Å². The number of hydrogen-bond donors (Lipinski definition) is 1. The summed E-state index contributed by atoms with van der Waals surface area (Å²) >= 11 is 0. The zero-order chi connectivity index (χ0) is 18.9. The smallest absolute Gasteiger partial charge is 0.165 e. The minimum Gasteiger partial charge on any atom is -0.357 e. The van der Waals surface area contributed by atoms with Gasteiger partial charge in [0.15, 0.2) is 5.65 Å². The van der Waals surface area contributed by atoms with Crippen LogP contribution in [0.5, 0.6) is 0 Å². The third kappa shape index (κ3) is 3.15. The van der Waals surface area contributed by atoms with Gasteiger partial charge in [-0.1, -0.05) is 19.3 Å². The molecule has 0 aliphatic heterocycles. The van der Waals surface area contributed by atoms with Crippen molar-refractivity contribution in [3.05, 3.63) is 60.9 Å². The number of hydrogen-bond acceptors (Lipinski definition) is 4. The fraction of sp³-hybridized carbons (Fsp3) is 0.318. The summed E-state index contributed by atoms with van der Waals surface area (Å²) in [7, 11) is 2.03. The van der Waals surface area contributed by atoms with Crippen molar-refractivity contribution in [2.45, 2.75) is 38.0 Å².